The van der Waals surface area contributed by atoms with Crippen molar-refractivity contribution in [2.75, 3.05) is 0 Å². The first kappa shape index (κ1) is 35.0. The largest absolute Gasteiger partial charge is 0.462 e. The van der Waals surface area contributed by atoms with Gasteiger partial charge in [0.05, 0.1) is 11.5 Å². The van der Waals surface area contributed by atoms with Crippen LogP contribution < -0.4 is 0 Å². The molecule has 0 aromatic rings. The van der Waals surface area contributed by atoms with Crippen LogP contribution in [0.3, 0.4) is 0 Å². The van der Waals surface area contributed by atoms with Gasteiger partial charge in [0, 0.05) is 34.1 Å². The van der Waals surface area contributed by atoms with Crippen LogP contribution in [-0.4, -0.2) is 62.7 Å². The molecule has 0 radical (unpaired) electrons. The van der Waals surface area contributed by atoms with Crippen LogP contribution in [0.15, 0.2) is 23.3 Å². The fourth-order valence-electron chi connectivity index (χ4n) is 8.07. The second kappa shape index (κ2) is 13.7. The highest BCUT2D eigenvalue weighted by Crippen LogP contribution is 2.58. The van der Waals surface area contributed by atoms with E-state index in [9.17, 15) is 19.2 Å². The number of hydrogen-bond donors (Lipinski definition) is 0. The van der Waals surface area contributed by atoms with E-state index in [4.69, 9.17) is 23.4 Å². The molecule has 0 aliphatic heterocycles. The van der Waals surface area contributed by atoms with Crippen molar-refractivity contribution >= 4 is 32.2 Å². The Morgan fingerprint density at radius 3 is 1.84 bits per heavy atom. The van der Waals surface area contributed by atoms with E-state index in [1.54, 1.807) is 0 Å². The first-order chi connectivity index (χ1) is 20.0. The summed E-state index contributed by atoms with van der Waals surface area (Å²) in [6, 6.07) is 2.85. The molecule has 0 spiro atoms. The van der Waals surface area contributed by atoms with Crippen LogP contribution >= 0.6 is 0 Å². The predicted molar refractivity (Wildman–Crippen MR) is 164 cm³/mol. The highest BCUT2D eigenvalue weighted by atomic mass is 28.4. The zero-order valence-corrected chi connectivity index (χ0v) is 28.7. The molecule has 0 saturated heterocycles. The van der Waals surface area contributed by atoms with E-state index in [2.05, 4.69) is 34.3 Å². The third-order valence-electron chi connectivity index (χ3n) is 10.6. The topological polar surface area (TPSA) is 114 Å². The molecule has 10 heteroatoms. The van der Waals surface area contributed by atoms with E-state index in [-0.39, 0.29) is 23.9 Å². The molecule has 2 fully saturated rings. The van der Waals surface area contributed by atoms with Crippen LogP contribution in [0.2, 0.25) is 18.1 Å². The molecule has 9 atom stereocenters. The molecule has 0 aromatic heterocycles. The van der Waals surface area contributed by atoms with E-state index in [0.29, 0.717) is 19.3 Å². The lowest BCUT2D eigenvalue weighted by molar-refractivity contribution is -0.208. The highest BCUT2D eigenvalue weighted by molar-refractivity contribution is 6.73. The minimum atomic E-state index is -2.10. The van der Waals surface area contributed by atoms with Crippen LogP contribution in [0.5, 0.6) is 0 Å². The van der Waals surface area contributed by atoms with Gasteiger partial charge < -0.3 is 23.4 Å². The third kappa shape index (κ3) is 6.95. The van der Waals surface area contributed by atoms with Gasteiger partial charge >= 0.3 is 23.9 Å². The molecule has 9 nitrogen and oxygen atoms in total. The molecule has 0 amide bonds. The Morgan fingerprint density at radius 1 is 0.814 bits per heavy atom. The maximum Gasteiger partial charge on any atom is 0.303 e. The van der Waals surface area contributed by atoms with E-state index in [0.717, 1.165) is 34.9 Å². The van der Waals surface area contributed by atoms with E-state index >= 15 is 0 Å². The highest BCUT2D eigenvalue weighted by Gasteiger charge is 2.63. The molecule has 0 N–H and O–H groups in total. The van der Waals surface area contributed by atoms with Crippen molar-refractivity contribution in [2.45, 2.75) is 137 Å². The summed E-state index contributed by atoms with van der Waals surface area (Å²) < 4.78 is 31.1. The summed E-state index contributed by atoms with van der Waals surface area (Å²) in [7, 11) is -2.10. The van der Waals surface area contributed by atoms with Gasteiger partial charge in [-0.1, -0.05) is 41.2 Å². The Hall–Kier alpha value is -2.46. The number of ether oxygens (including phenoxy) is 4. The van der Waals surface area contributed by atoms with E-state index in [1.807, 2.05) is 13.8 Å². The maximum atomic E-state index is 12.8. The van der Waals surface area contributed by atoms with Crippen LogP contribution in [0, 0.1) is 23.2 Å². The van der Waals surface area contributed by atoms with Crippen molar-refractivity contribution < 1.29 is 42.6 Å². The molecule has 2 bridgehead atoms. The molecule has 3 aliphatic carbocycles. The van der Waals surface area contributed by atoms with Crippen LogP contribution in [0.4, 0.5) is 0 Å². The zero-order valence-electron chi connectivity index (χ0n) is 27.7. The average Bonchev–Trinajstić information content (AvgIpc) is 2.91. The van der Waals surface area contributed by atoms with Crippen molar-refractivity contribution in [3.05, 3.63) is 23.3 Å². The molecule has 43 heavy (non-hydrogen) atoms. The van der Waals surface area contributed by atoms with Crippen LogP contribution in [0.1, 0.15) is 88.5 Å². The molecule has 3 aliphatic rings. The minimum Gasteiger partial charge on any atom is -0.462 e. The zero-order chi connectivity index (χ0) is 32.4. The quantitative estimate of drug-likeness (QED) is 0.131. The number of carbonyl (C=O) groups excluding carboxylic acids is 4. The van der Waals surface area contributed by atoms with Crippen molar-refractivity contribution in [3.63, 3.8) is 0 Å². The smallest absolute Gasteiger partial charge is 0.303 e. The molecule has 0 aromatic carbocycles. The second-order valence-corrected chi connectivity index (χ2v) is 17.7. The Bertz CT molecular complexity index is 1130. The van der Waals surface area contributed by atoms with Gasteiger partial charge in [0.1, 0.15) is 12.2 Å². The standard InChI is InChI=1S/C33H52O9Si/c1-12-43(13-2,14-3)42-28-17-29(39-22(8)35)33(11)26(19(28)5)15-25-16-27(38-21(7)34)20(6)30(18(25)4)31(40-23(9)36)32(33)41-24(10)37/h18,25-29,31-32H,5,12-17H2,1-4,6-11H3/t18-,25-,26-,27+,28+,29+,31-,32+,33+/m1/s1. The Labute approximate surface area is 258 Å². The number of esters is 4. The van der Waals surface area contributed by atoms with Gasteiger partial charge in [-0.2, -0.15) is 0 Å². The minimum absolute atomic E-state index is 0.0164. The fourth-order valence-corrected chi connectivity index (χ4v) is 10.9. The predicted octanol–water partition coefficient (Wildman–Crippen LogP) is 6.06. The van der Waals surface area contributed by atoms with Crippen LogP contribution in [0.25, 0.3) is 0 Å². The number of rotatable bonds is 9. The number of fused-ring (bicyclic) bond motifs is 3. The van der Waals surface area contributed by atoms with Crippen molar-refractivity contribution in [2.24, 2.45) is 23.2 Å². The molecule has 0 heterocycles. The lowest BCUT2D eigenvalue weighted by Gasteiger charge is -2.58. The SMILES string of the molecule is C=C1[C@@H](O[Si](CC)(CC)CC)C[C@H](OC(C)=O)[C@]2(C)[C@@H]1C[C@@H]1C[C@H](OC(C)=O)C(C)=C([C@@H](OC(C)=O)[C@@H]2OC(C)=O)[C@@H]1C. The van der Waals surface area contributed by atoms with Gasteiger partial charge in [0.25, 0.3) is 0 Å². The monoisotopic (exact) mass is 620 g/mol. The molecule has 242 valence electrons. The third-order valence-corrected chi connectivity index (χ3v) is 15.3. The number of carbonyl (C=O) groups is 4. The van der Waals surface area contributed by atoms with Gasteiger partial charge in [0.2, 0.25) is 0 Å². The lowest BCUT2D eigenvalue weighted by atomic mass is 9.52. The summed E-state index contributed by atoms with van der Waals surface area (Å²) in [5, 5.41) is 0. The maximum absolute atomic E-state index is 12.8. The van der Waals surface area contributed by atoms with Crippen molar-refractivity contribution in [1.82, 2.24) is 0 Å². The first-order valence-corrected chi connectivity index (χ1v) is 18.3. The molecule has 3 rings (SSSR count). The van der Waals surface area contributed by atoms with Gasteiger partial charge in [-0.05, 0) is 72.4 Å². The summed E-state index contributed by atoms with van der Waals surface area (Å²) in [5.41, 5.74) is 1.45. The summed E-state index contributed by atoms with van der Waals surface area (Å²) >= 11 is 0. The van der Waals surface area contributed by atoms with E-state index < -0.39 is 62.0 Å². The Morgan fingerprint density at radius 2 is 1.35 bits per heavy atom. The van der Waals surface area contributed by atoms with Gasteiger partial charge in [0.15, 0.2) is 20.5 Å². The van der Waals surface area contributed by atoms with Crippen molar-refractivity contribution in [3.8, 4) is 0 Å². The van der Waals surface area contributed by atoms with Gasteiger partial charge in [-0.3, -0.25) is 19.2 Å². The molecular weight excluding hydrogens is 568 g/mol. The summed E-state index contributed by atoms with van der Waals surface area (Å²) in [6.45, 7) is 22.5. The molecular formula is C33H52O9Si. The van der Waals surface area contributed by atoms with Crippen molar-refractivity contribution in [1.29, 1.82) is 0 Å². The fraction of sp³-hybridized carbons (Fsp3) is 0.758. The van der Waals surface area contributed by atoms with Crippen LogP contribution in [-0.2, 0) is 42.6 Å². The molecule has 2 saturated carbocycles. The van der Waals surface area contributed by atoms with Gasteiger partial charge in [-0.25, -0.2) is 0 Å². The Kier molecular flexibility index (Phi) is 11.1. The van der Waals surface area contributed by atoms with Gasteiger partial charge in [-0.15, -0.1) is 0 Å². The molecule has 0 unspecified atom stereocenters. The summed E-state index contributed by atoms with van der Waals surface area (Å²) in [4.78, 5) is 50.2. The lowest BCUT2D eigenvalue weighted by Crippen LogP contribution is -2.64. The number of hydrogen-bond acceptors (Lipinski definition) is 9. The summed E-state index contributed by atoms with van der Waals surface area (Å²) in [6.07, 6.45) is -1.99. The van der Waals surface area contributed by atoms with E-state index in [1.165, 1.54) is 27.7 Å². The summed E-state index contributed by atoms with van der Waals surface area (Å²) in [5.74, 6) is -2.31. The first-order valence-electron chi connectivity index (χ1n) is 15.8. The second-order valence-electron chi connectivity index (χ2n) is 13.0. The Balaban J connectivity index is 2.32. The average molecular weight is 621 g/mol. The normalized spacial score (nSPS) is 34.3.